The van der Waals surface area contributed by atoms with Crippen molar-refractivity contribution in [3.8, 4) is 17.1 Å². The zero-order chi connectivity index (χ0) is 29.1. The summed E-state index contributed by atoms with van der Waals surface area (Å²) in [5.41, 5.74) is 0.792. The van der Waals surface area contributed by atoms with E-state index < -0.39 is 11.8 Å². The zero-order valence-electron chi connectivity index (χ0n) is 24.6. The molecule has 0 aromatic carbocycles. The molecule has 12 heteroatoms. The Bertz CT molecular complexity index is 1410. The highest BCUT2D eigenvalue weighted by Crippen LogP contribution is 2.31. The normalized spacial score (nSPS) is 18.5. The van der Waals surface area contributed by atoms with Gasteiger partial charge in [0.25, 0.3) is 5.56 Å². The minimum atomic E-state index is -0.547. The van der Waals surface area contributed by atoms with E-state index in [1.165, 1.54) is 11.2 Å². The standard InChI is InChI=1S/C29H40N8O4/c1-20(37-32-27(31-33-37)22-14-25(40-5)17-30-16-22)35-13-11-23(15-26(35)38)34-12-7-10-24(19-34)36(18-21-8-6-9-21)28(39)41-29(2,3)4/h11,13-17,20-21,24H,6-10,12,18-19H2,1-5H3/t20?,24-/m1/s1. The summed E-state index contributed by atoms with van der Waals surface area (Å²) in [6.45, 7) is 9.76. The summed E-state index contributed by atoms with van der Waals surface area (Å²) in [7, 11) is 1.57. The monoisotopic (exact) mass is 564 g/mol. The van der Waals surface area contributed by atoms with Crippen LogP contribution in [0.5, 0.6) is 5.75 Å². The molecule has 1 aliphatic heterocycles. The predicted molar refractivity (Wildman–Crippen MR) is 154 cm³/mol. The molecule has 12 nitrogen and oxygen atoms in total. The van der Waals surface area contributed by atoms with E-state index in [2.05, 4.69) is 25.3 Å². The highest BCUT2D eigenvalue weighted by molar-refractivity contribution is 5.69. The van der Waals surface area contributed by atoms with Gasteiger partial charge in [-0.2, -0.15) is 0 Å². The molecule has 0 N–H and O–H groups in total. The number of ether oxygens (including phenoxy) is 2. The molecule has 1 saturated heterocycles. The van der Waals surface area contributed by atoms with E-state index in [9.17, 15) is 9.59 Å². The molecule has 1 saturated carbocycles. The Morgan fingerprint density at radius 3 is 2.66 bits per heavy atom. The number of amides is 1. The van der Waals surface area contributed by atoms with Crippen LogP contribution in [0.15, 0.2) is 41.6 Å². The summed E-state index contributed by atoms with van der Waals surface area (Å²) in [6.07, 6.45) is 9.65. The Morgan fingerprint density at radius 1 is 1.17 bits per heavy atom. The summed E-state index contributed by atoms with van der Waals surface area (Å²) >= 11 is 0. The van der Waals surface area contributed by atoms with Gasteiger partial charge in [0.1, 0.15) is 17.5 Å². The predicted octanol–water partition coefficient (Wildman–Crippen LogP) is 3.98. The van der Waals surface area contributed by atoms with Gasteiger partial charge >= 0.3 is 6.09 Å². The topological polar surface area (TPSA) is 121 Å². The molecule has 2 fully saturated rings. The molecule has 1 aliphatic carbocycles. The maximum atomic E-state index is 13.3. The van der Waals surface area contributed by atoms with Crippen molar-refractivity contribution in [2.24, 2.45) is 5.92 Å². The van der Waals surface area contributed by atoms with Crippen LogP contribution in [0.1, 0.15) is 66.0 Å². The molecule has 1 unspecified atom stereocenters. The average molecular weight is 565 g/mol. The van der Waals surface area contributed by atoms with Crippen LogP contribution in [-0.4, -0.2) is 79.1 Å². The Kier molecular flexibility index (Phi) is 8.27. The van der Waals surface area contributed by atoms with Crippen LogP contribution in [0.2, 0.25) is 0 Å². The highest BCUT2D eigenvalue weighted by atomic mass is 16.6. The van der Waals surface area contributed by atoms with Gasteiger partial charge in [0.2, 0.25) is 5.82 Å². The molecule has 0 radical (unpaired) electrons. The van der Waals surface area contributed by atoms with E-state index in [0.717, 1.165) is 44.5 Å². The number of methoxy groups -OCH3 is 1. The zero-order valence-corrected chi connectivity index (χ0v) is 24.6. The minimum absolute atomic E-state index is 0.0319. The van der Waals surface area contributed by atoms with Crippen molar-refractivity contribution in [3.63, 3.8) is 0 Å². The Balaban J connectivity index is 1.30. The summed E-state index contributed by atoms with van der Waals surface area (Å²) in [5.74, 6) is 1.52. The largest absolute Gasteiger partial charge is 0.495 e. The Labute approximate surface area is 240 Å². The van der Waals surface area contributed by atoms with Gasteiger partial charge in [0.05, 0.1) is 19.3 Å². The number of pyridine rings is 2. The minimum Gasteiger partial charge on any atom is -0.495 e. The summed E-state index contributed by atoms with van der Waals surface area (Å²) < 4.78 is 12.6. The van der Waals surface area contributed by atoms with Crippen LogP contribution in [0.4, 0.5) is 10.5 Å². The molecule has 0 spiro atoms. The first kappa shape index (κ1) is 28.6. The quantitative estimate of drug-likeness (QED) is 0.400. The summed E-state index contributed by atoms with van der Waals surface area (Å²) in [5, 5.41) is 12.8. The number of piperidine rings is 1. The Hall–Kier alpha value is -3.96. The molecule has 3 aromatic rings. The average Bonchev–Trinajstić information content (AvgIpc) is 3.42. The van der Waals surface area contributed by atoms with E-state index in [1.807, 2.05) is 38.7 Å². The molecular weight excluding hydrogens is 524 g/mol. The van der Waals surface area contributed by atoms with Crippen molar-refractivity contribution in [3.05, 3.63) is 47.1 Å². The van der Waals surface area contributed by atoms with Crippen molar-refractivity contribution in [2.45, 2.75) is 77.6 Å². The number of rotatable bonds is 8. The maximum Gasteiger partial charge on any atom is 0.410 e. The van der Waals surface area contributed by atoms with Gasteiger partial charge in [0, 0.05) is 49.3 Å². The van der Waals surface area contributed by atoms with Crippen LogP contribution >= 0.6 is 0 Å². The van der Waals surface area contributed by atoms with E-state index in [4.69, 9.17) is 9.47 Å². The van der Waals surface area contributed by atoms with Crippen LogP contribution in [-0.2, 0) is 4.74 Å². The van der Waals surface area contributed by atoms with Gasteiger partial charge in [-0.25, -0.2) is 4.79 Å². The molecule has 2 aliphatic rings. The molecule has 2 atom stereocenters. The number of nitrogens with zero attached hydrogens (tertiary/aromatic N) is 8. The first-order chi connectivity index (χ1) is 19.6. The number of carbonyl (C=O) groups is 1. The van der Waals surface area contributed by atoms with Crippen LogP contribution in [0.3, 0.4) is 0 Å². The molecule has 0 bridgehead atoms. The second-order valence-corrected chi connectivity index (χ2v) is 12.0. The third kappa shape index (κ3) is 6.68. The first-order valence-corrected chi connectivity index (χ1v) is 14.4. The van der Waals surface area contributed by atoms with Crippen molar-refractivity contribution in [2.75, 3.05) is 31.6 Å². The molecule has 220 valence electrons. The van der Waals surface area contributed by atoms with E-state index in [1.54, 1.807) is 42.4 Å². The third-order valence-electron chi connectivity index (χ3n) is 7.81. The highest BCUT2D eigenvalue weighted by Gasteiger charge is 2.34. The van der Waals surface area contributed by atoms with Crippen molar-refractivity contribution < 1.29 is 14.3 Å². The molecule has 1 amide bonds. The lowest BCUT2D eigenvalue weighted by molar-refractivity contribution is 0.00736. The van der Waals surface area contributed by atoms with Gasteiger partial charge in [-0.05, 0) is 76.6 Å². The third-order valence-corrected chi connectivity index (χ3v) is 7.81. The molecule has 4 heterocycles. The van der Waals surface area contributed by atoms with Gasteiger partial charge < -0.3 is 19.3 Å². The summed E-state index contributed by atoms with van der Waals surface area (Å²) in [4.78, 5) is 36.2. The van der Waals surface area contributed by atoms with Crippen molar-refractivity contribution >= 4 is 11.8 Å². The molecule has 5 rings (SSSR count). The number of anilines is 1. The fourth-order valence-corrected chi connectivity index (χ4v) is 5.34. The smallest absolute Gasteiger partial charge is 0.410 e. The van der Waals surface area contributed by atoms with E-state index in [0.29, 0.717) is 29.6 Å². The lowest BCUT2D eigenvalue weighted by Gasteiger charge is -2.43. The second-order valence-electron chi connectivity index (χ2n) is 12.0. The fourth-order valence-electron chi connectivity index (χ4n) is 5.34. The van der Waals surface area contributed by atoms with Crippen LogP contribution < -0.4 is 15.2 Å². The SMILES string of the molecule is COc1cncc(-c2nnn(C(C)n3ccc(N4CCC[C@@H](N(CC5CCC5)C(=O)OC(C)(C)C)C4)cc3=O)n2)c1. The van der Waals surface area contributed by atoms with Gasteiger partial charge in [-0.3, -0.25) is 14.3 Å². The number of hydrogen-bond acceptors (Lipinski definition) is 9. The molecule has 41 heavy (non-hydrogen) atoms. The second kappa shape index (κ2) is 11.9. The first-order valence-electron chi connectivity index (χ1n) is 14.4. The lowest BCUT2D eigenvalue weighted by atomic mass is 9.84. The van der Waals surface area contributed by atoms with Gasteiger partial charge in [-0.15, -0.1) is 15.0 Å². The Morgan fingerprint density at radius 2 is 1.98 bits per heavy atom. The van der Waals surface area contributed by atoms with Crippen molar-refractivity contribution in [1.29, 1.82) is 0 Å². The number of carbonyl (C=O) groups excluding carboxylic acids is 1. The molecular formula is C29H40N8O4. The van der Waals surface area contributed by atoms with Crippen LogP contribution in [0.25, 0.3) is 11.4 Å². The van der Waals surface area contributed by atoms with E-state index >= 15 is 0 Å². The fraction of sp³-hybridized carbons (Fsp3) is 0.586. The molecule has 3 aromatic heterocycles. The van der Waals surface area contributed by atoms with Gasteiger partial charge in [-0.1, -0.05) is 6.42 Å². The van der Waals surface area contributed by atoms with Crippen LogP contribution in [0, 0.1) is 5.92 Å². The number of tetrazole rings is 1. The van der Waals surface area contributed by atoms with E-state index in [-0.39, 0.29) is 17.7 Å². The number of aromatic nitrogens is 6. The number of hydrogen-bond donors (Lipinski definition) is 0. The van der Waals surface area contributed by atoms with Crippen molar-refractivity contribution in [1.82, 2.24) is 34.7 Å². The summed E-state index contributed by atoms with van der Waals surface area (Å²) in [6, 6.07) is 5.40. The lowest BCUT2D eigenvalue weighted by Crippen LogP contribution is -2.53. The maximum absolute atomic E-state index is 13.3. The van der Waals surface area contributed by atoms with Gasteiger partial charge in [0.15, 0.2) is 0 Å².